The third kappa shape index (κ3) is 2.40. The normalized spacial score (nSPS) is 11.3. The molecule has 0 aliphatic carbocycles. The fraction of sp³-hybridized carbons (Fsp3) is 0.308. The summed E-state index contributed by atoms with van der Waals surface area (Å²) in [6.45, 7) is 6.91. The zero-order valence-corrected chi connectivity index (χ0v) is 10.8. The van der Waals surface area contributed by atoms with E-state index in [-0.39, 0.29) is 5.56 Å². The first-order valence-electron chi connectivity index (χ1n) is 5.89. The molecule has 0 spiro atoms. The first-order valence-corrected chi connectivity index (χ1v) is 5.89. The van der Waals surface area contributed by atoms with Gasteiger partial charge in [0.25, 0.3) is 5.56 Å². The van der Waals surface area contributed by atoms with Crippen LogP contribution in [0.15, 0.2) is 17.1 Å². The average Bonchev–Trinajstić information content (AvgIpc) is 2.62. The second kappa shape index (κ2) is 5.00. The van der Waals surface area contributed by atoms with Crippen molar-refractivity contribution in [2.45, 2.75) is 27.3 Å². The van der Waals surface area contributed by atoms with Crippen LogP contribution < -0.4 is 5.56 Å². The van der Waals surface area contributed by atoms with Crippen LogP contribution in [0.3, 0.4) is 0 Å². The molecule has 0 fully saturated rings. The van der Waals surface area contributed by atoms with Gasteiger partial charge in [0, 0.05) is 30.1 Å². The third-order valence-electron chi connectivity index (χ3n) is 2.84. The maximum absolute atomic E-state index is 11.1. The highest BCUT2D eigenvalue weighted by Gasteiger charge is 2.07. The van der Waals surface area contributed by atoms with Gasteiger partial charge in [-0.25, -0.2) is 4.98 Å². The van der Waals surface area contributed by atoms with E-state index in [1.54, 1.807) is 6.08 Å². The first-order chi connectivity index (χ1) is 8.61. The highest BCUT2D eigenvalue weighted by Crippen LogP contribution is 2.15. The fourth-order valence-electron chi connectivity index (χ4n) is 1.89. The van der Waals surface area contributed by atoms with Crippen LogP contribution in [0.4, 0.5) is 0 Å². The molecular formula is C13H16N4O. The number of hydrogen-bond donors (Lipinski definition) is 1. The summed E-state index contributed by atoms with van der Waals surface area (Å²) in [6, 6.07) is 1.39. The monoisotopic (exact) mass is 244 g/mol. The first kappa shape index (κ1) is 12.3. The maximum atomic E-state index is 11.1. The minimum atomic E-state index is -0.151. The molecule has 0 aliphatic heterocycles. The molecule has 0 bridgehead atoms. The van der Waals surface area contributed by atoms with Crippen LogP contribution in [0, 0.1) is 13.8 Å². The van der Waals surface area contributed by atoms with Gasteiger partial charge in [0.05, 0.1) is 5.69 Å². The molecule has 2 heterocycles. The van der Waals surface area contributed by atoms with Crippen molar-refractivity contribution in [2.24, 2.45) is 0 Å². The lowest BCUT2D eigenvalue weighted by molar-refractivity contribution is 0.634. The van der Waals surface area contributed by atoms with Gasteiger partial charge in [-0.2, -0.15) is 5.10 Å². The van der Waals surface area contributed by atoms with Crippen LogP contribution in [-0.2, 0) is 6.54 Å². The van der Waals surface area contributed by atoms with Crippen LogP contribution in [-0.4, -0.2) is 19.7 Å². The number of aromatic amines is 1. The van der Waals surface area contributed by atoms with Crippen LogP contribution in [0.25, 0.3) is 12.2 Å². The molecule has 2 rings (SSSR count). The van der Waals surface area contributed by atoms with Crippen molar-refractivity contribution in [2.75, 3.05) is 0 Å². The zero-order chi connectivity index (χ0) is 13.1. The summed E-state index contributed by atoms with van der Waals surface area (Å²) >= 11 is 0. The Balaban J connectivity index is 2.34. The van der Waals surface area contributed by atoms with Gasteiger partial charge >= 0.3 is 0 Å². The van der Waals surface area contributed by atoms with E-state index in [4.69, 9.17) is 0 Å². The quantitative estimate of drug-likeness (QED) is 0.895. The summed E-state index contributed by atoms with van der Waals surface area (Å²) in [5.41, 5.74) is 3.01. The van der Waals surface area contributed by atoms with Crippen LogP contribution in [0.2, 0.25) is 0 Å². The SMILES string of the molecule is CCn1nc(C)c(C=Cc2nccc(=O)[nH]2)c1C. The molecular weight excluding hydrogens is 228 g/mol. The van der Waals surface area contributed by atoms with Gasteiger partial charge in [-0.05, 0) is 32.9 Å². The Morgan fingerprint density at radius 3 is 2.78 bits per heavy atom. The fourth-order valence-corrected chi connectivity index (χ4v) is 1.89. The average molecular weight is 244 g/mol. The Hall–Kier alpha value is -2.17. The van der Waals surface area contributed by atoms with E-state index < -0.39 is 0 Å². The Morgan fingerprint density at radius 2 is 2.17 bits per heavy atom. The van der Waals surface area contributed by atoms with Crippen LogP contribution in [0.1, 0.15) is 29.7 Å². The van der Waals surface area contributed by atoms with Crippen molar-refractivity contribution in [3.05, 3.63) is 45.4 Å². The van der Waals surface area contributed by atoms with E-state index in [9.17, 15) is 4.79 Å². The smallest absolute Gasteiger partial charge is 0.251 e. The molecule has 0 aliphatic rings. The standard InChI is InChI=1S/C13H16N4O/c1-4-17-10(3)11(9(2)16-17)5-6-12-14-8-7-13(18)15-12/h5-8H,4H2,1-3H3,(H,14,15,18). The van der Waals surface area contributed by atoms with Gasteiger partial charge in [-0.1, -0.05) is 0 Å². The molecule has 1 N–H and O–H groups in total. The van der Waals surface area contributed by atoms with Gasteiger partial charge in [0.1, 0.15) is 5.82 Å². The second-order valence-electron chi connectivity index (χ2n) is 4.05. The number of rotatable bonds is 3. The van der Waals surface area contributed by atoms with E-state index in [0.29, 0.717) is 5.82 Å². The number of aromatic nitrogens is 4. The van der Waals surface area contributed by atoms with Crippen LogP contribution >= 0.6 is 0 Å². The summed E-state index contributed by atoms with van der Waals surface area (Å²) < 4.78 is 1.95. The van der Waals surface area contributed by atoms with E-state index in [0.717, 1.165) is 23.5 Å². The lowest BCUT2D eigenvalue weighted by Crippen LogP contribution is -2.05. The summed E-state index contributed by atoms with van der Waals surface area (Å²) in [6.07, 6.45) is 5.22. The molecule has 0 aromatic carbocycles. The predicted octanol–water partition coefficient (Wildman–Crippen LogP) is 1.77. The predicted molar refractivity (Wildman–Crippen MR) is 71.2 cm³/mol. The Labute approximate surface area is 105 Å². The number of aryl methyl sites for hydroxylation is 2. The summed E-state index contributed by atoms with van der Waals surface area (Å²) in [7, 11) is 0. The molecule has 18 heavy (non-hydrogen) atoms. The molecule has 0 saturated heterocycles. The van der Waals surface area contributed by atoms with Crippen LogP contribution in [0.5, 0.6) is 0 Å². The number of H-pyrrole nitrogens is 1. The molecule has 0 radical (unpaired) electrons. The summed E-state index contributed by atoms with van der Waals surface area (Å²) in [4.78, 5) is 17.9. The highest BCUT2D eigenvalue weighted by molar-refractivity contribution is 5.68. The molecule has 94 valence electrons. The van der Waals surface area contributed by atoms with Gasteiger partial charge < -0.3 is 4.98 Å². The second-order valence-corrected chi connectivity index (χ2v) is 4.05. The number of nitrogens with zero attached hydrogens (tertiary/aromatic N) is 3. The molecule has 0 amide bonds. The Bertz CT molecular complexity index is 637. The molecule has 0 saturated carbocycles. The topological polar surface area (TPSA) is 63.6 Å². The Morgan fingerprint density at radius 1 is 1.39 bits per heavy atom. The van der Waals surface area contributed by atoms with E-state index in [2.05, 4.69) is 22.0 Å². The molecule has 2 aromatic heterocycles. The van der Waals surface area contributed by atoms with Crippen molar-refractivity contribution in [3.63, 3.8) is 0 Å². The third-order valence-corrected chi connectivity index (χ3v) is 2.84. The minimum absolute atomic E-state index is 0.151. The van der Waals surface area contributed by atoms with Crippen molar-refractivity contribution in [1.82, 2.24) is 19.7 Å². The molecule has 5 heteroatoms. The number of hydrogen-bond acceptors (Lipinski definition) is 3. The van der Waals surface area contributed by atoms with Crippen molar-refractivity contribution < 1.29 is 0 Å². The van der Waals surface area contributed by atoms with E-state index in [1.165, 1.54) is 12.3 Å². The van der Waals surface area contributed by atoms with Crippen molar-refractivity contribution in [1.29, 1.82) is 0 Å². The van der Waals surface area contributed by atoms with E-state index in [1.807, 2.05) is 24.6 Å². The van der Waals surface area contributed by atoms with Gasteiger partial charge in [0.2, 0.25) is 0 Å². The molecule has 2 aromatic rings. The summed E-state index contributed by atoms with van der Waals surface area (Å²) in [5.74, 6) is 0.547. The van der Waals surface area contributed by atoms with Gasteiger partial charge in [-0.3, -0.25) is 9.48 Å². The van der Waals surface area contributed by atoms with E-state index >= 15 is 0 Å². The van der Waals surface area contributed by atoms with Gasteiger partial charge in [-0.15, -0.1) is 0 Å². The molecule has 0 unspecified atom stereocenters. The maximum Gasteiger partial charge on any atom is 0.251 e. The zero-order valence-electron chi connectivity index (χ0n) is 10.8. The minimum Gasteiger partial charge on any atom is -0.307 e. The Kier molecular flexibility index (Phi) is 3.41. The highest BCUT2D eigenvalue weighted by atomic mass is 16.1. The molecule has 5 nitrogen and oxygen atoms in total. The lowest BCUT2D eigenvalue weighted by atomic mass is 10.2. The lowest BCUT2D eigenvalue weighted by Gasteiger charge is -1.98. The van der Waals surface area contributed by atoms with Crippen molar-refractivity contribution >= 4 is 12.2 Å². The summed E-state index contributed by atoms with van der Waals surface area (Å²) in [5, 5.41) is 4.43. The largest absolute Gasteiger partial charge is 0.307 e. The van der Waals surface area contributed by atoms with Crippen molar-refractivity contribution in [3.8, 4) is 0 Å². The molecule has 0 atom stereocenters. The van der Waals surface area contributed by atoms with Gasteiger partial charge in [0.15, 0.2) is 0 Å². The number of nitrogens with one attached hydrogen (secondary N) is 1.